The van der Waals surface area contributed by atoms with E-state index in [4.69, 9.17) is 2.64 Å². The first-order valence-corrected chi connectivity index (χ1v) is 9.40. The normalized spacial score (nSPS) is 9.46. The molecule has 0 aliphatic heterocycles. The van der Waals surface area contributed by atoms with Crippen LogP contribution in [0.3, 0.4) is 0 Å². The van der Waals surface area contributed by atoms with Crippen molar-refractivity contribution in [1.82, 2.24) is 0 Å². The molecule has 0 radical (unpaired) electrons. The van der Waals surface area contributed by atoms with E-state index in [9.17, 15) is 4.79 Å². The summed E-state index contributed by atoms with van der Waals surface area (Å²) in [4.78, 5) is 11.1. The topological polar surface area (TPSA) is 26.3 Å². The van der Waals surface area contributed by atoms with E-state index in [0.29, 0.717) is 0 Å². The summed E-state index contributed by atoms with van der Waals surface area (Å²) in [5, 5.41) is 0. The summed E-state index contributed by atoms with van der Waals surface area (Å²) in [7, 11) is 0. The van der Waals surface area contributed by atoms with Gasteiger partial charge in [0.05, 0.1) is 0 Å². The average Bonchev–Trinajstić information content (AvgIpc) is 2.15. The first-order valence-electron chi connectivity index (χ1n) is 4.40. The van der Waals surface area contributed by atoms with Crippen LogP contribution in [0.4, 0.5) is 0 Å². The Bertz CT molecular complexity index is 270. The summed E-state index contributed by atoms with van der Waals surface area (Å²) in [6.07, 6.45) is 0. The molecule has 0 aromatic heterocycles. The number of carbonyl (C=O) groups excluding carboxylic acids is 1. The maximum absolute atomic E-state index is 11.1. The predicted octanol–water partition coefficient (Wildman–Crippen LogP) is 1.51. The van der Waals surface area contributed by atoms with Crippen molar-refractivity contribution in [2.45, 2.75) is 13.8 Å². The molecular formula is C10H12HgO2. The van der Waals surface area contributed by atoms with Gasteiger partial charge >= 0.3 is 91.6 Å². The van der Waals surface area contributed by atoms with Gasteiger partial charge in [-0.25, -0.2) is 0 Å². The van der Waals surface area contributed by atoms with Gasteiger partial charge in [-0.3, -0.25) is 0 Å². The van der Waals surface area contributed by atoms with Crippen molar-refractivity contribution in [3.05, 3.63) is 30.3 Å². The fourth-order valence-corrected chi connectivity index (χ4v) is 5.20. The van der Waals surface area contributed by atoms with Gasteiger partial charge in [-0.05, 0) is 0 Å². The molecule has 1 aromatic rings. The Morgan fingerprint density at radius 2 is 1.92 bits per heavy atom. The molecule has 0 bridgehead atoms. The van der Waals surface area contributed by atoms with E-state index in [1.54, 1.807) is 0 Å². The molecule has 0 heterocycles. The van der Waals surface area contributed by atoms with Crippen LogP contribution in [0.25, 0.3) is 0 Å². The van der Waals surface area contributed by atoms with E-state index in [2.05, 4.69) is 0 Å². The molecule has 0 aliphatic rings. The third kappa shape index (κ3) is 3.90. The van der Waals surface area contributed by atoms with Crippen LogP contribution in [0.15, 0.2) is 30.3 Å². The van der Waals surface area contributed by atoms with Crippen molar-refractivity contribution in [3.63, 3.8) is 0 Å². The van der Waals surface area contributed by atoms with Gasteiger partial charge in [0.15, 0.2) is 0 Å². The summed E-state index contributed by atoms with van der Waals surface area (Å²) >= 11 is -1.59. The van der Waals surface area contributed by atoms with Gasteiger partial charge in [-0.15, -0.1) is 0 Å². The van der Waals surface area contributed by atoms with Crippen LogP contribution in [-0.2, 0) is 32.5 Å². The predicted molar refractivity (Wildman–Crippen MR) is 47.0 cm³/mol. The molecule has 66 valence electrons. The second-order valence-electron chi connectivity index (χ2n) is 3.25. The van der Waals surface area contributed by atoms with Gasteiger partial charge in [-0.2, -0.15) is 0 Å². The Hall–Kier alpha value is -0.375. The van der Waals surface area contributed by atoms with Gasteiger partial charge in [0.25, 0.3) is 0 Å². The Balaban J connectivity index is 2.40. The SMILES string of the molecule is CC(C)C(=O)[O][Hg][c]1ccccc1. The fourth-order valence-electron chi connectivity index (χ4n) is 0.895. The molecule has 0 fully saturated rings. The monoisotopic (exact) mass is 366 g/mol. The summed E-state index contributed by atoms with van der Waals surface area (Å²) in [5.41, 5.74) is 0. The van der Waals surface area contributed by atoms with Crippen LogP contribution in [0.5, 0.6) is 0 Å². The Labute approximate surface area is 91.4 Å². The molecule has 0 saturated heterocycles. The number of rotatable bonds is 3. The number of benzene rings is 1. The number of carbonyl (C=O) groups is 1. The van der Waals surface area contributed by atoms with Crippen LogP contribution in [0.1, 0.15) is 13.8 Å². The first-order chi connectivity index (χ1) is 6.20. The van der Waals surface area contributed by atoms with Crippen molar-refractivity contribution in [1.29, 1.82) is 0 Å². The molecule has 0 spiro atoms. The van der Waals surface area contributed by atoms with Gasteiger partial charge in [-0.1, -0.05) is 0 Å². The average molecular weight is 365 g/mol. The number of hydrogen-bond acceptors (Lipinski definition) is 2. The third-order valence-corrected chi connectivity index (χ3v) is 6.49. The van der Waals surface area contributed by atoms with Gasteiger partial charge in [0, 0.05) is 0 Å². The molecule has 13 heavy (non-hydrogen) atoms. The molecule has 0 N–H and O–H groups in total. The molecule has 1 rings (SSSR count). The van der Waals surface area contributed by atoms with E-state index in [1.807, 2.05) is 44.2 Å². The summed E-state index contributed by atoms with van der Waals surface area (Å²) in [5.74, 6) is -0.0470. The van der Waals surface area contributed by atoms with Crippen molar-refractivity contribution < 1.29 is 32.5 Å². The molecular weight excluding hydrogens is 353 g/mol. The molecule has 0 atom stereocenters. The second kappa shape index (κ2) is 5.38. The van der Waals surface area contributed by atoms with E-state index in [-0.39, 0.29) is 11.9 Å². The van der Waals surface area contributed by atoms with Crippen LogP contribution in [0, 0.1) is 5.92 Å². The molecule has 0 aliphatic carbocycles. The van der Waals surface area contributed by atoms with Gasteiger partial charge in [0.2, 0.25) is 0 Å². The van der Waals surface area contributed by atoms with E-state index in [0.717, 1.165) is 0 Å². The maximum atomic E-state index is 11.1. The summed E-state index contributed by atoms with van der Waals surface area (Å²) < 4.78 is 6.52. The first kappa shape index (κ1) is 10.7. The molecule has 0 amide bonds. The van der Waals surface area contributed by atoms with Crippen LogP contribution in [-0.4, -0.2) is 5.97 Å². The third-order valence-electron chi connectivity index (χ3n) is 1.70. The second-order valence-corrected chi connectivity index (χ2v) is 8.67. The van der Waals surface area contributed by atoms with E-state index >= 15 is 0 Å². The molecule has 0 saturated carbocycles. The summed E-state index contributed by atoms with van der Waals surface area (Å²) in [6.45, 7) is 3.72. The zero-order valence-electron chi connectivity index (χ0n) is 7.99. The van der Waals surface area contributed by atoms with Gasteiger partial charge in [0.1, 0.15) is 0 Å². The minimum atomic E-state index is -1.59. The van der Waals surface area contributed by atoms with E-state index in [1.165, 1.54) is 3.07 Å². The quantitative estimate of drug-likeness (QED) is 0.760. The van der Waals surface area contributed by atoms with Crippen molar-refractivity contribution in [2.24, 2.45) is 5.92 Å². The molecule has 1 aromatic carbocycles. The van der Waals surface area contributed by atoms with Crippen LogP contribution in [0.2, 0.25) is 0 Å². The van der Waals surface area contributed by atoms with Crippen LogP contribution < -0.4 is 3.07 Å². The Morgan fingerprint density at radius 1 is 1.31 bits per heavy atom. The molecule has 0 unspecified atom stereocenters. The molecule has 3 heteroatoms. The van der Waals surface area contributed by atoms with Crippen LogP contribution >= 0.6 is 0 Å². The zero-order chi connectivity index (χ0) is 9.68. The van der Waals surface area contributed by atoms with E-state index < -0.39 is 25.0 Å². The van der Waals surface area contributed by atoms with Crippen molar-refractivity contribution in [3.8, 4) is 0 Å². The zero-order valence-corrected chi connectivity index (χ0v) is 13.5. The molecule has 2 nitrogen and oxygen atoms in total. The Morgan fingerprint density at radius 3 is 2.46 bits per heavy atom. The van der Waals surface area contributed by atoms with Crippen molar-refractivity contribution in [2.75, 3.05) is 0 Å². The number of hydrogen-bond donors (Lipinski definition) is 0. The summed E-state index contributed by atoms with van der Waals surface area (Å²) in [6, 6.07) is 10.0. The minimum absolute atomic E-state index is 0.00344. The van der Waals surface area contributed by atoms with Gasteiger partial charge < -0.3 is 0 Å². The van der Waals surface area contributed by atoms with Crippen molar-refractivity contribution >= 4 is 9.04 Å². The fraction of sp³-hybridized carbons (Fsp3) is 0.300. The Kier molecular flexibility index (Phi) is 4.43. The standard InChI is InChI=1S/C6H5.C4H8O2.Hg/c1-2-4-6-5-3-1;1-3(2)4(5)6;/h1-5H;3H,1-2H3,(H,5,6);/q;;+1/p-1.